The Kier molecular flexibility index (Phi) is 2.43. The summed E-state index contributed by atoms with van der Waals surface area (Å²) in [5, 5.41) is 14.5. The van der Waals surface area contributed by atoms with Crippen LogP contribution in [0.5, 0.6) is 5.75 Å². The molecule has 0 aliphatic carbocycles. The SMILES string of the molecule is C#CCn1cnc2c(N=O)c3ccccc3c(O)c21. The molecular formula is C14H9N3O2. The molecule has 1 N–H and O–H groups in total. The molecule has 0 fully saturated rings. The monoisotopic (exact) mass is 251 g/mol. The number of rotatable bonds is 2. The number of hydrogen-bond donors (Lipinski definition) is 1. The normalized spacial score (nSPS) is 10.7. The number of nitrogens with zero attached hydrogens (tertiary/aromatic N) is 3. The van der Waals surface area contributed by atoms with E-state index in [1.807, 2.05) is 0 Å². The maximum absolute atomic E-state index is 11.1. The van der Waals surface area contributed by atoms with Gasteiger partial charge in [-0.1, -0.05) is 30.2 Å². The van der Waals surface area contributed by atoms with Crippen LogP contribution >= 0.6 is 0 Å². The van der Waals surface area contributed by atoms with E-state index in [0.29, 0.717) is 21.8 Å². The number of phenolic OH excluding ortho intramolecular Hbond substituents is 1. The molecule has 92 valence electrons. The van der Waals surface area contributed by atoms with Crippen molar-refractivity contribution in [3.05, 3.63) is 35.5 Å². The van der Waals surface area contributed by atoms with Crippen molar-refractivity contribution < 1.29 is 5.11 Å². The van der Waals surface area contributed by atoms with E-state index in [-0.39, 0.29) is 18.0 Å². The average molecular weight is 251 g/mol. The Bertz CT molecular complexity index is 843. The van der Waals surface area contributed by atoms with Crippen molar-refractivity contribution >= 4 is 27.5 Å². The van der Waals surface area contributed by atoms with Crippen molar-refractivity contribution in [2.75, 3.05) is 0 Å². The highest BCUT2D eigenvalue weighted by molar-refractivity contribution is 6.12. The van der Waals surface area contributed by atoms with Crippen molar-refractivity contribution in [2.45, 2.75) is 6.54 Å². The number of hydrogen-bond acceptors (Lipinski definition) is 4. The van der Waals surface area contributed by atoms with Gasteiger partial charge in [0, 0.05) is 10.8 Å². The summed E-state index contributed by atoms with van der Waals surface area (Å²) in [6.07, 6.45) is 6.78. The van der Waals surface area contributed by atoms with Gasteiger partial charge < -0.3 is 9.67 Å². The lowest BCUT2D eigenvalue weighted by atomic mass is 10.1. The summed E-state index contributed by atoms with van der Waals surface area (Å²) in [7, 11) is 0. The average Bonchev–Trinajstić information content (AvgIpc) is 2.84. The number of benzene rings is 2. The number of terminal acetylenes is 1. The molecule has 0 bridgehead atoms. The summed E-state index contributed by atoms with van der Waals surface area (Å²) >= 11 is 0. The van der Waals surface area contributed by atoms with Crippen LogP contribution in [0.15, 0.2) is 35.8 Å². The van der Waals surface area contributed by atoms with Crippen LogP contribution in [-0.4, -0.2) is 14.7 Å². The summed E-state index contributed by atoms with van der Waals surface area (Å²) in [5.74, 6) is 2.54. The molecule has 0 atom stereocenters. The van der Waals surface area contributed by atoms with Gasteiger partial charge in [-0.25, -0.2) is 4.98 Å². The highest BCUT2D eigenvalue weighted by Gasteiger charge is 2.17. The molecule has 3 aromatic rings. The molecule has 0 saturated heterocycles. The van der Waals surface area contributed by atoms with E-state index >= 15 is 0 Å². The van der Waals surface area contributed by atoms with Gasteiger partial charge >= 0.3 is 0 Å². The van der Waals surface area contributed by atoms with Crippen LogP contribution in [0.2, 0.25) is 0 Å². The predicted molar refractivity (Wildman–Crippen MR) is 73.2 cm³/mol. The molecule has 0 radical (unpaired) electrons. The van der Waals surface area contributed by atoms with Crippen LogP contribution < -0.4 is 0 Å². The number of nitroso groups, excluding NO2 is 1. The first-order valence-corrected chi connectivity index (χ1v) is 5.63. The summed E-state index contributed by atoms with van der Waals surface area (Å²) in [4.78, 5) is 15.2. The van der Waals surface area contributed by atoms with Crippen molar-refractivity contribution in [1.82, 2.24) is 9.55 Å². The number of aromatic nitrogens is 2. The molecule has 0 spiro atoms. The van der Waals surface area contributed by atoms with Gasteiger partial charge in [0.05, 0.1) is 12.9 Å². The Morgan fingerprint density at radius 3 is 2.79 bits per heavy atom. The van der Waals surface area contributed by atoms with Crippen LogP contribution in [0.1, 0.15) is 0 Å². The second-order valence-corrected chi connectivity index (χ2v) is 4.11. The molecule has 5 heteroatoms. The molecule has 0 aliphatic heterocycles. The van der Waals surface area contributed by atoms with Crippen LogP contribution in [-0.2, 0) is 6.54 Å². The fourth-order valence-corrected chi connectivity index (χ4v) is 2.27. The lowest BCUT2D eigenvalue weighted by Crippen LogP contribution is -1.93. The van der Waals surface area contributed by atoms with Gasteiger partial charge in [0.2, 0.25) is 0 Å². The molecule has 0 saturated carbocycles. The predicted octanol–water partition coefficient (Wildman–Crippen LogP) is 2.93. The second-order valence-electron chi connectivity index (χ2n) is 4.11. The molecule has 5 nitrogen and oxygen atoms in total. The van der Waals surface area contributed by atoms with E-state index < -0.39 is 0 Å². The number of phenols is 1. The number of aromatic hydroxyl groups is 1. The van der Waals surface area contributed by atoms with E-state index in [1.165, 1.54) is 6.33 Å². The van der Waals surface area contributed by atoms with Gasteiger partial charge in [0.25, 0.3) is 0 Å². The third kappa shape index (κ3) is 1.47. The highest BCUT2D eigenvalue weighted by atomic mass is 16.3. The number of fused-ring (bicyclic) bond motifs is 2. The zero-order chi connectivity index (χ0) is 13.4. The summed E-state index contributed by atoms with van der Waals surface area (Å²) < 4.78 is 1.62. The lowest BCUT2D eigenvalue weighted by molar-refractivity contribution is 0.484. The smallest absolute Gasteiger partial charge is 0.149 e. The maximum Gasteiger partial charge on any atom is 0.149 e. The van der Waals surface area contributed by atoms with Crippen molar-refractivity contribution in [3.8, 4) is 18.1 Å². The largest absolute Gasteiger partial charge is 0.505 e. The minimum Gasteiger partial charge on any atom is -0.505 e. The third-order valence-electron chi connectivity index (χ3n) is 3.08. The maximum atomic E-state index is 11.1. The van der Waals surface area contributed by atoms with Gasteiger partial charge in [-0.2, -0.15) is 0 Å². The standard InChI is InChI=1S/C14H9N3O2/c1-2-7-17-8-15-12-11(16-19)9-5-3-4-6-10(9)14(18)13(12)17/h1,3-6,8,18H,7H2. The van der Waals surface area contributed by atoms with Gasteiger partial charge in [-0.3, -0.25) is 0 Å². The lowest BCUT2D eigenvalue weighted by Gasteiger charge is -2.07. The molecule has 0 aliphatic rings. The summed E-state index contributed by atoms with van der Waals surface area (Å²) in [6.45, 7) is 0.265. The molecule has 2 aromatic carbocycles. The van der Waals surface area contributed by atoms with Crippen LogP contribution in [0.25, 0.3) is 21.8 Å². The van der Waals surface area contributed by atoms with E-state index in [1.54, 1.807) is 28.8 Å². The Balaban J connectivity index is 2.57. The summed E-state index contributed by atoms with van der Waals surface area (Å²) in [5.41, 5.74) is 1.02. The van der Waals surface area contributed by atoms with Crippen LogP contribution in [0, 0.1) is 17.3 Å². The minimum atomic E-state index is 0.0609. The quantitative estimate of drug-likeness (QED) is 0.562. The fraction of sp³-hybridized carbons (Fsp3) is 0.0714. The second kappa shape index (κ2) is 4.10. The van der Waals surface area contributed by atoms with E-state index in [0.717, 1.165) is 0 Å². The molecular weight excluding hydrogens is 242 g/mol. The van der Waals surface area contributed by atoms with Gasteiger partial charge in [-0.15, -0.1) is 11.3 Å². The Labute approximate surface area is 108 Å². The van der Waals surface area contributed by atoms with Crippen LogP contribution in [0.4, 0.5) is 5.69 Å². The first kappa shape index (κ1) is 11.2. The molecule has 1 aromatic heterocycles. The van der Waals surface area contributed by atoms with E-state index in [9.17, 15) is 10.0 Å². The summed E-state index contributed by atoms with van der Waals surface area (Å²) in [6, 6.07) is 7.02. The highest BCUT2D eigenvalue weighted by Crippen LogP contribution is 2.41. The molecule has 1 heterocycles. The fourth-order valence-electron chi connectivity index (χ4n) is 2.27. The molecule has 0 unspecified atom stereocenters. The van der Waals surface area contributed by atoms with Gasteiger partial charge in [-0.05, 0) is 5.18 Å². The number of imidazole rings is 1. The van der Waals surface area contributed by atoms with Crippen LogP contribution in [0.3, 0.4) is 0 Å². The third-order valence-corrected chi connectivity index (χ3v) is 3.08. The molecule has 19 heavy (non-hydrogen) atoms. The zero-order valence-electron chi connectivity index (χ0n) is 9.87. The van der Waals surface area contributed by atoms with Gasteiger partial charge in [0.15, 0.2) is 0 Å². The molecule has 3 rings (SSSR count). The van der Waals surface area contributed by atoms with Gasteiger partial charge in [0.1, 0.15) is 22.5 Å². The minimum absolute atomic E-state index is 0.0609. The topological polar surface area (TPSA) is 67.5 Å². The Morgan fingerprint density at radius 1 is 1.37 bits per heavy atom. The molecule has 0 amide bonds. The first-order valence-electron chi connectivity index (χ1n) is 5.63. The Hall–Kier alpha value is -2.87. The van der Waals surface area contributed by atoms with E-state index in [4.69, 9.17) is 6.42 Å². The van der Waals surface area contributed by atoms with Crippen molar-refractivity contribution in [1.29, 1.82) is 0 Å². The van der Waals surface area contributed by atoms with Crippen molar-refractivity contribution in [3.63, 3.8) is 0 Å². The zero-order valence-corrected chi connectivity index (χ0v) is 9.87. The van der Waals surface area contributed by atoms with Crippen molar-refractivity contribution in [2.24, 2.45) is 5.18 Å². The van der Waals surface area contributed by atoms with E-state index in [2.05, 4.69) is 16.1 Å². The Morgan fingerprint density at radius 2 is 2.11 bits per heavy atom. The first-order chi connectivity index (χ1) is 9.27.